The molecule has 0 aromatic carbocycles. The number of nitrogens with one attached hydrogen (secondary N) is 1. The van der Waals surface area contributed by atoms with E-state index in [2.05, 4.69) is 112 Å². The number of carboxylic acid groups (broad SMARTS) is 1. The average Bonchev–Trinajstić information content (AvgIpc) is 3.85. The van der Waals surface area contributed by atoms with E-state index in [0.717, 1.165) is 31.8 Å². The molecule has 5 rings (SSSR count). The molecule has 3 aromatic heterocycles. The van der Waals surface area contributed by atoms with Gasteiger partial charge >= 0.3 is 5.97 Å². The molecular formula is C39H67N7O6Si3. The van der Waals surface area contributed by atoms with Crippen LogP contribution >= 0.6 is 0 Å². The monoisotopic (exact) mass is 813 g/mol. The van der Waals surface area contributed by atoms with Crippen molar-refractivity contribution in [1.82, 2.24) is 29.3 Å². The molecule has 2 N–H and O–H groups in total. The summed E-state index contributed by atoms with van der Waals surface area (Å²) >= 11 is 0. The van der Waals surface area contributed by atoms with Gasteiger partial charge in [-0.1, -0.05) is 75.2 Å². The summed E-state index contributed by atoms with van der Waals surface area (Å²) in [5.41, 5.74) is 1.82. The maximum atomic E-state index is 11.2. The van der Waals surface area contributed by atoms with Gasteiger partial charge in [0.05, 0.1) is 19.1 Å². The van der Waals surface area contributed by atoms with E-state index in [4.69, 9.17) is 33.0 Å². The Morgan fingerprint density at radius 3 is 2.05 bits per heavy atom. The molecule has 55 heavy (non-hydrogen) atoms. The number of anilines is 1. The Bertz CT molecular complexity index is 1850. The summed E-state index contributed by atoms with van der Waals surface area (Å²) < 4.78 is 32.5. The van der Waals surface area contributed by atoms with Crippen molar-refractivity contribution in [1.29, 1.82) is 0 Å². The fourth-order valence-electron chi connectivity index (χ4n) is 6.13. The molecule has 306 valence electrons. The van der Waals surface area contributed by atoms with Crippen LogP contribution in [0.3, 0.4) is 0 Å². The number of nitrogens with zero attached hydrogens (tertiary/aromatic N) is 6. The Balaban J connectivity index is 1.68. The van der Waals surface area contributed by atoms with Crippen LogP contribution in [0.15, 0.2) is 24.8 Å². The lowest BCUT2D eigenvalue weighted by molar-refractivity contribution is -0.131. The van der Waals surface area contributed by atoms with Gasteiger partial charge in [0.2, 0.25) is 0 Å². The Labute approximate surface area is 331 Å². The summed E-state index contributed by atoms with van der Waals surface area (Å²) in [5.74, 6) is -0.0840. The van der Waals surface area contributed by atoms with Crippen molar-refractivity contribution >= 4 is 54.0 Å². The Morgan fingerprint density at radius 2 is 1.49 bits per heavy atom. The molecule has 0 unspecified atom stereocenters. The number of carboxylic acids is 1. The SMILES string of the molecule is CC(C)(C)[Si](C)(C)OC[C@@H]1O[C@@H](n2cnc3c(NC4CCCC4)nc(-n4cc(/C=C/C(=O)O)cn4)nc32)[C@H](O[Si](C)(C)C(C)(C)C)[C@H]1O[Si](C)(C)C(C)(C)C. The van der Waals surface area contributed by atoms with Crippen molar-refractivity contribution in [3.05, 3.63) is 30.4 Å². The summed E-state index contributed by atoms with van der Waals surface area (Å²) in [4.78, 5) is 26.2. The second kappa shape index (κ2) is 15.5. The Kier molecular flexibility index (Phi) is 12.3. The van der Waals surface area contributed by atoms with Crippen molar-refractivity contribution in [3.63, 3.8) is 0 Å². The predicted molar refractivity (Wildman–Crippen MR) is 226 cm³/mol. The van der Waals surface area contributed by atoms with Crippen LogP contribution in [0.4, 0.5) is 5.82 Å². The third-order valence-electron chi connectivity index (χ3n) is 12.8. The lowest BCUT2D eigenvalue weighted by Gasteiger charge is -2.44. The van der Waals surface area contributed by atoms with Crippen LogP contribution in [0.25, 0.3) is 23.2 Å². The summed E-state index contributed by atoms with van der Waals surface area (Å²) in [7, 11) is -6.92. The van der Waals surface area contributed by atoms with Gasteiger partial charge in [0.1, 0.15) is 18.3 Å². The number of hydrogen-bond acceptors (Lipinski definition) is 10. The maximum Gasteiger partial charge on any atom is 0.328 e. The van der Waals surface area contributed by atoms with E-state index in [1.54, 1.807) is 23.4 Å². The molecule has 2 aliphatic rings. The summed E-state index contributed by atoms with van der Waals surface area (Å²) in [6.45, 7) is 34.3. The van der Waals surface area contributed by atoms with Gasteiger partial charge in [-0.3, -0.25) is 4.57 Å². The van der Waals surface area contributed by atoms with Gasteiger partial charge in [0, 0.05) is 23.9 Å². The van der Waals surface area contributed by atoms with Crippen LogP contribution < -0.4 is 5.32 Å². The number of hydrogen-bond donors (Lipinski definition) is 2. The first-order chi connectivity index (χ1) is 25.2. The van der Waals surface area contributed by atoms with Crippen molar-refractivity contribution in [2.45, 2.75) is 173 Å². The quantitative estimate of drug-likeness (QED) is 0.126. The van der Waals surface area contributed by atoms with E-state index < -0.39 is 55.5 Å². The standard InChI is InChI=1S/C39H67N7O6Si3/c1-37(2,3)53(10,11)49-24-28-31(51-54(12,13)38(4,5)6)32(52-55(14,15)39(7,8)9)35(50-28)45-25-40-30-33(42-27-18-16-17-19-27)43-36(44-34(30)45)46-23-26(22-41-46)20-21-29(47)48/h20-23,25,27-28,31-32,35H,16-19,24H2,1-15H3,(H,47,48)(H,42,43,44)/b21-20+/t28-,31-,32+,35+/m0/s1. The molecule has 2 fully saturated rings. The van der Waals surface area contributed by atoms with Crippen LogP contribution in [0.5, 0.6) is 0 Å². The lowest BCUT2D eigenvalue weighted by Crippen LogP contribution is -2.54. The number of imidazole rings is 1. The van der Waals surface area contributed by atoms with Crippen molar-refractivity contribution < 1.29 is 27.9 Å². The molecule has 1 aliphatic carbocycles. The van der Waals surface area contributed by atoms with Crippen LogP contribution in [0, 0.1) is 0 Å². The Hall–Kier alpha value is -2.74. The van der Waals surface area contributed by atoms with Gasteiger partial charge in [0.25, 0.3) is 5.95 Å². The molecule has 4 heterocycles. The second-order valence-electron chi connectivity index (χ2n) is 20.0. The van der Waals surface area contributed by atoms with Gasteiger partial charge < -0.3 is 28.4 Å². The van der Waals surface area contributed by atoms with Gasteiger partial charge in [-0.05, 0) is 73.3 Å². The normalized spacial score (nSPS) is 22.4. The highest BCUT2D eigenvalue weighted by Crippen LogP contribution is 2.47. The van der Waals surface area contributed by atoms with E-state index >= 15 is 0 Å². The zero-order valence-electron chi connectivity index (χ0n) is 36.0. The molecule has 0 spiro atoms. The molecule has 1 saturated heterocycles. The molecule has 0 amide bonds. The van der Waals surface area contributed by atoms with E-state index in [-0.39, 0.29) is 21.2 Å². The van der Waals surface area contributed by atoms with E-state index in [1.807, 2.05) is 4.57 Å². The molecule has 4 atom stereocenters. The van der Waals surface area contributed by atoms with E-state index in [1.165, 1.54) is 6.08 Å². The van der Waals surface area contributed by atoms with Crippen molar-refractivity contribution in [3.8, 4) is 5.95 Å². The summed E-state index contributed by atoms with van der Waals surface area (Å²) in [6.07, 6.45) is 10.1. The molecule has 0 bridgehead atoms. The minimum absolute atomic E-state index is 0.0181. The fraction of sp³-hybridized carbons (Fsp3) is 0.718. The van der Waals surface area contributed by atoms with Gasteiger partial charge in [0.15, 0.2) is 48.2 Å². The number of ether oxygens (including phenoxy) is 1. The largest absolute Gasteiger partial charge is 0.478 e. The molecule has 0 radical (unpaired) electrons. The molecular weight excluding hydrogens is 747 g/mol. The Morgan fingerprint density at radius 1 is 0.909 bits per heavy atom. The van der Waals surface area contributed by atoms with Crippen molar-refractivity contribution in [2.75, 3.05) is 11.9 Å². The average molecular weight is 814 g/mol. The number of carbonyl (C=O) groups is 1. The highest BCUT2D eigenvalue weighted by Gasteiger charge is 2.55. The topological polar surface area (TPSA) is 148 Å². The number of fused-ring (bicyclic) bond motifs is 1. The van der Waals surface area contributed by atoms with Gasteiger partial charge in [-0.25, -0.2) is 14.5 Å². The van der Waals surface area contributed by atoms with E-state index in [0.29, 0.717) is 35.1 Å². The maximum absolute atomic E-state index is 11.2. The van der Waals surface area contributed by atoms with Crippen LogP contribution in [0.1, 0.15) is 99.8 Å². The second-order valence-corrected chi connectivity index (χ2v) is 34.4. The summed E-state index contributed by atoms with van der Waals surface area (Å²) in [6, 6.07) is 0.263. The first kappa shape index (κ1) is 43.4. The third kappa shape index (κ3) is 9.53. The molecule has 1 aliphatic heterocycles. The van der Waals surface area contributed by atoms with Crippen LogP contribution in [0.2, 0.25) is 54.4 Å². The molecule has 16 heteroatoms. The first-order valence-corrected chi connectivity index (χ1v) is 28.6. The van der Waals surface area contributed by atoms with Gasteiger partial charge in [-0.2, -0.15) is 15.1 Å². The van der Waals surface area contributed by atoms with Crippen molar-refractivity contribution in [2.24, 2.45) is 0 Å². The lowest BCUT2D eigenvalue weighted by atomic mass is 10.1. The first-order valence-electron chi connectivity index (χ1n) is 19.8. The zero-order chi connectivity index (χ0) is 40.9. The number of aromatic nitrogens is 6. The zero-order valence-corrected chi connectivity index (χ0v) is 39.0. The number of aliphatic carboxylic acids is 1. The van der Waals surface area contributed by atoms with Crippen LogP contribution in [-0.4, -0.2) is 96.3 Å². The molecule has 3 aromatic rings. The molecule has 13 nitrogen and oxygen atoms in total. The highest BCUT2D eigenvalue weighted by molar-refractivity contribution is 6.75. The van der Waals surface area contributed by atoms with E-state index in [9.17, 15) is 9.90 Å². The van der Waals surface area contributed by atoms with Crippen LogP contribution in [-0.2, 0) is 22.8 Å². The smallest absolute Gasteiger partial charge is 0.328 e. The minimum atomic E-state index is -2.40. The number of rotatable bonds is 13. The summed E-state index contributed by atoms with van der Waals surface area (Å²) in [5, 5.41) is 17.3. The van der Waals surface area contributed by atoms with Gasteiger partial charge in [-0.15, -0.1) is 0 Å². The predicted octanol–water partition coefficient (Wildman–Crippen LogP) is 9.16. The minimum Gasteiger partial charge on any atom is -0.478 e. The third-order valence-corrected chi connectivity index (χ3v) is 26.2. The molecule has 1 saturated carbocycles. The highest BCUT2D eigenvalue weighted by atomic mass is 28.4. The fourth-order valence-corrected chi connectivity index (χ4v) is 9.75.